The smallest absolute Gasteiger partial charge is 0.128 e. The third-order valence-electron chi connectivity index (χ3n) is 11.9. The molecule has 0 radical (unpaired) electrons. The fraction of sp³-hybridized carbons (Fsp3) is 0.742. The van der Waals surface area contributed by atoms with E-state index < -0.39 is 0 Å². The number of aliphatic hydroxyl groups excluding tert-OH is 3. The normalized spacial score (nSPS) is 44.2. The Labute approximate surface area is 226 Å². The van der Waals surface area contributed by atoms with Crippen molar-refractivity contribution in [1.82, 2.24) is 9.97 Å². The van der Waals surface area contributed by atoms with Gasteiger partial charge in [-0.2, -0.15) is 0 Å². The summed E-state index contributed by atoms with van der Waals surface area (Å²) in [7, 11) is 0. The van der Waals surface area contributed by atoms with Gasteiger partial charge in [-0.25, -0.2) is 9.97 Å². The zero-order valence-electron chi connectivity index (χ0n) is 22.5. The SMILES string of the molecule is C[C@H](CCc1ncc2cc(Cl)ccc2n1)[C@H]1CC[C@H]2[C@@H]3[C@H](O)C[C@@H]4C[C@H](O)CC[C@]4(C)[C@H]3C[C@H](O)[C@]12C. The molecule has 4 aliphatic rings. The van der Waals surface area contributed by atoms with Gasteiger partial charge in [-0.15, -0.1) is 0 Å². The summed E-state index contributed by atoms with van der Waals surface area (Å²) >= 11 is 6.11. The van der Waals surface area contributed by atoms with E-state index in [9.17, 15) is 15.3 Å². The first kappa shape index (κ1) is 26.0. The van der Waals surface area contributed by atoms with Gasteiger partial charge in [0.1, 0.15) is 5.82 Å². The number of aliphatic hydroxyl groups is 3. The minimum atomic E-state index is -0.343. The number of hydrogen-bond acceptors (Lipinski definition) is 5. The molecule has 6 heteroatoms. The number of fused-ring (bicyclic) bond motifs is 6. The average Bonchev–Trinajstić information content (AvgIpc) is 3.22. The Bertz CT molecular complexity index is 1160. The summed E-state index contributed by atoms with van der Waals surface area (Å²) in [6.07, 6.45) is 9.27. The van der Waals surface area contributed by atoms with Crippen LogP contribution < -0.4 is 0 Å². The van der Waals surface area contributed by atoms with Crippen molar-refractivity contribution in [3.05, 3.63) is 35.2 Å². The maximum absolute atomic E-state index is 11.8. The summed E-state index contributed by atoms with van der Waals surface area (Å²) in [6.45, 7) is 7.07. The highest BCUT2D eigenvalue weighted by molar-refractivity contribution is 6.31. The molecule has 0 bridgehead atoms. The molecule has 1 heterocycles. The van der Waals surface area contributed by atoms with E-state index in [2.05, 4.69) is 25.8 Å². The molecule has 202 valence electrons. The van der Waals surface area contributed by atoms with Crippen molar-refractivity contribution in [1.29, 1.82) is 0 Å². The summed E-state index contributed by atoms with van der Waals surface area (Å²) in [5.41, 5.74) is 0.879. The summed E-state index contributed by atoms with van der Waals surface area (Å²) in [6, 6.07) is 5.73. The average molecular weight is 527 g/mol. The van der Waals surface area contributed by atoms with E-state index >= 15 is 0 Å². The predicted octanol–water partition coefficient (Wildman–Crippen LogP) is 5.81. The zero-order valence-corrected chi connectivity index (χ0v) is 23.2. The Balaban J connectivity index is 1.19. The van der Waals surface area contributed by atoms with Gasteiger partial charge in [0, 0.05) is 23.0 Å². The highest BCUT2D eigenvalue weighted by Crippen LogP contribution is 2.68. The van der Waals surface area contributed by atoms with E-state index in [0.717, 1.165) is 74.5 Å². The number of hydrogen-bond donors (Lipinski definition) is 3. The Hall–Kier alpha value is -1.27. The number of benzene rings is 1. The van der Waals surface area contributed by atoms with Gasteiger partial charge in [0.15, 0.2) is 0 Å². The largest absolute Gasteiger partial charge is 0.393 e. The lowest BCUT2D eigenvalue weighted by atomic mass is 9.43. The predicted molar refractivity (Wildman–Crippen MR) is 146 cm³/mol. The zero-order chi connectivity index (χ0) is 26.1. The Morgan fingerprint density at radius 3 is 2.68 bits per heavy atom. The molecule has 6 rings (SSSR count). The molecule has 4 saturated carbocycles. The van der Waals surface area contributed by atoms with Gasteiger partial charge in [0.05, 0.1) is 23.8 Å². The first-order valence-corrected chi connectivity index (χ1v) is 14.9. The van der Waals surface area contributed by atoms with Crippen LogP contribution in [0.3, 0.4) is 0 Å². The number of nitrogens with zero attached hydrogens (tertiary/aromatic N) is 2. The fourth-order valence-electron chi connectivity index (χ4n) is 9.85. The quantitative estimate of drug-likeness (QED) is 0.467. The molecule has 2 aromatic rings. The van der Waals surface area contributed by atoms with Crippen LogP contribution in [0.1, 0.15) is 78.0 Å². The van der Waals surface area contributed by atoms with Gasteiger partial charge in [0.25, 0.3) is 0 Å². The summed E-state index contributed by atoms with van der Waals surface area (Å²) in [5.74, 6) is 3.06. The second-order valence-corrected chi connectivity index (χ2v) is 14.0. The Kier molecular flexibility index (Phi) is 6.62. The molecular weight excluding hydrogens is 484 g/mol. The summed E-state index contributed by atoms with van der Waals surface area (Å²) in [4.78, 5) is 9.38. The molecule has 3 N–H and O–H groups in total. The van der Waals surface area contributed by atoms with Gasteiger partial charge in [-0.3, -0.25) is 0 Å². The van der Waals surface area contributed by atoms with Crippen LogP contribution >= 0.6 is 11.6 Å². The molecule has 4 aliphatic carbocycles. The lowest BCUT2D eigenvalue weighted by Crippen LogP contribution is -2.62. The second-order valence-electron chi connectivity index (χ2n) is 13.5. The van der Waals surface area contributed by atoms with Crippen molar-refractivity contribution in [2.45, 2.75) is 96.9 Å². The van der Waals surface area contributed by atoms with Crippen LogP contribution in [-0.4, -0.2) is 43.6 Å². The van der Waals surface area contributed by atoms with Gasteiger partial charge >= 0.3 is 0 Å². The van der Waals surface area contributed by atoms with Gasteiger partial charge < -0.3 is 15.3 Å². The van der Waals surface area contributed by atoms with E-state index in [4.69, 9.17) is 16.6 Å². The van der Waals surface area contributed by atoms with Gasteiger partial charge in [0.2, 0.25) is 0 Å². The van der Waals surface area contributed by atoms with Crippen LogP contribution in [0.15, 0.2) is 24.4 Å². The Morgan fingerprint density at radius 1 is 1.05 bits per heavy atom. The van der Waals surface area contributed by atoms with Crippen LogP contribution in [0.2, 0.25) is 5.02 Å². The molecular formula is C31H43ClN2O3. The standard InChI is InChI=1S/C31H43ClN2O3/c1-17(4-9-28-33-16-18-12-20(32)5-8-25(18)34-28)22-6-7-23-29-24(15-27(37)31(22,23)3)30(2)11-10-21(35)13-19(30)14-26(29)36/h5,8,12,16-17,19,21-24,26-27,29,35-37H,4,6-7,9-11,13-15H2,1-3H3/t17-,19+,21-,22-,23+,24+,26-,27+,29+,30+,31-/m1/s1. The molecule has 1 aromatic heterocycles. The lowest BCUT2D eigenvalue weighted by Gasteiger charge is -2.63. The van der Waals surface area contributed by atoms with Crippen LogP contribution in [0.5, 0.6) is 0 Å². The minimum Gasteiger partial charge on any atom is -0.393 e. The topological polar surface area (TPSA) is 86.5 Å². The van der Waals surface area contributed by atoms with Crippen molar-refractivity contribution in [3.8, 4) is 0 Å². The summed E-state index contributed by atoms with van der Waals surface area (Å²) in [5, 5.41) is 35.3. The second kappa shape index (κ2) is 9.43. The molecule has 37 heavy (non-hydrogen) atoms. The van der Waals surface area contributed by atoms with Crippen LogP contribution in [0.4, 0.5) is 0 Å². The van der Waals surface area contributed by atoms with Crippen molar-refractivity contribution in [2.75, 3.05) is 0 Å². The van der Waals surface area contributed by atoms with Crippen molar-refractivity contribution < 1.29 is 15.3 Å². The number of aryl methyl sites for hydroxylation is 1. The molecule has 0 spiro atoms. The maximum Gasteiger partial charge on any atom is 0.128 e. The molecule has 1 aromatic carbocycles. The Morgan fingerprint density at radius 2 is 1.86 bits per heavy atom. The third-order valence-corrected chi connectivity index (χ3v) is 12.2. The first-order chi connectivity index (χ1) is 17.6. The lowest BCUT2D eigenvalue weighted by molar-refractivity contribution is -0.207. The molecule has 5 nitrogen and oxygen atoms in total. The van der Waals surface area contributed by atoms with E-state index in [1.807, 2.05) is 24.4 Å². The number of halogens is 1. The van der Waals surface area contributed by atoms with Crippen molar-refractivity contribution in [3.63, 3.8) is 0 Å². The highest BCUT2D eigenvalue weighted by atomic mass is 35.5. The molecule has 0 saturated heterocycles. The fourth-order valence-corrected chi connectivity index (χ4v) is 10.0. The molecule has 4 fully saturated rings. The highest BCUT2D eigenvalue weighted by Gasteiger charge is 2.65. The van der Waals surface area contributed by atoms with Gasteiger partial charge in [-0.1, -0.05) is 32.4 Å². The van der Waals surface area contributed by atoms with Crippen molar-refractivity contribution in [2.24, 2.45) is 46.3 Å². The van der Waals surface area contributed by atoms with E-state index in [1.54, 1.807) is 0 Å². The maximum atomic E-state index is 11.8. The molecule has 11 atom stereocenters. The van der Waals surface area contributed by atoms with Crippen molar-refractivity contribution >= 4 is 22.5 Å². The molecule has 0 unspecified atom stereocenters. The van der Waals surface area contributed by atoms with E-state index in [-0.39, 0.29) is 35.1 Å². The molecule has 0 aliphatic heterocycles. The minimum absolute atomic E-state index is 0.118. The van der Waals surface area contributed by atoms with E-state index in [1.165, 1.54) is 0 Å². The molecule has 0 amide bonds. The number of aromatic nitrogens is 2. The third kappa shape index (κ3) is 4.15. The van der Waals surface area contributed by atoms with Gasteiger partial charge in [-0.05, 0) is 116 Å². The van der Waals surface area contributed by atoms with Crippen LogP contribution in [0.25, 0.3) is 10.9 Å². The van der Waals surface area contributed by atoms with E-state index in [0.29, 0.717) is 34.6 Å². The number of rotatable bonds is 4. The van der Waals surface area contributed by atoms with Crippen LogP contribution in [-0.2, 0) is 6.42 Å². The first-order valence-electron chi connectivity index (χ1n) is 14.6. The monoisotopic (exact) mass is 526 g/mol. The van der Waals surface area contributed by atoms with Crippen LogP contribution in [0, 0.1) is 46.3 Å². The summed E-state index contributed by atoms with van der Waals surface area (Å²) < 4.78 is 0.